The highest BCUT2D eigenvalue weighted by Gasteiger charge is 2.39. The highest BCUT2D eigenvalue weighted by Crippen LogP contribution is 2.31. The van der Waals surface area contributed by atoms with Gasteiger partial charge in [-0.2, -0.15) is 0 Å². The molecule has 2 fully saturated rings. The van der Waals surface area contributed by atoms with Crippen molar-refractivity contribution in [3.05, 3.63) is 23.0 Å². The van der Waals surface area contributed by atoms with Gasteiger partial charge in [-0.25, -0.2) is 0 Å². The quantitative estimate of drug-likeness (QED) is 0.907. The highest BCUT2D eigenvalue weighted by molar-refractivity contribution is 5.96. The van der Waals surface area contributed by atoms with Gasteiger partial charge >= 0.3 is 0 Å². The molecule has 0 saturated carbocycles. The van der Waals surface area contributed by atoms with Gasteiger partial charge in [-0.05, 0) is 59.6 Å². The Morgan fingerprint density at radius 1 is 1.23 bits per heavy atom. The molecule has 0 aliphatic carbocycles. The van der Waals surface area contributed by atoms with Crippen molar-refractivity contribution in [3.63, 3.8) is 0 Å². The summed E-state index contributed by atoms with van der Waals surface area (Å²) in [7, 11) is 0. The number of amides is 1. The van der Waals surface area contributed by atoms with Crippen LogP contribution in [0.5, 0.6) is 0 Å². The summed E-state index contributed by atoms with van der Waals surface area (Å²) in [5.41, 5.74) is 3.20. The summed E-state index contributed by atoms with van der Waals surface area (Å²) in [6.07, 6.45) is 3.40. The molecule has 2 aliphatic heterocycles. The third kappa shape index (κ3) is 2.79. The molecule has 0 spiro atoms. The molecule has 0 radical (unpaired) electrons. The van der Waals surface area contributed by atoms with Gasteiger partial charge in [-0.3, -0.25) is 4.79 Å². The van der Waals surface area contributed by atoms with Crippen molar-refractivity contribution in [2.75, 3.05) is 13.1 Å². The number of nitrogens with zero attached hydrogens (tertiary/aromatic N) is 2. The van der Waals surface area contributed by atoms with Crippen molar-refractivity contribution in [2.45, 2.75) is 65.1 Å². The largest absolute Gasteiger partial charge is 0.346 e. The number of hydrogen-bond donors (Lipinski definition) is 1. The topological polar surface area (TPSA) is 37.3 Å². The average molecular weight is 326 g/mol. The van der Waals surface area contributed by atoms with Crippen molar-refractivity contribution in [1.29, 1.82) is 0 Å². The molecule has 4 nitrogen and oxygen atoms in total. The zero-order valence-electron chi connectivity index (χ0n) is 14.1. The first-order valence-corrected chi connectivity index (χ1v) is 8.22. The number of aromatic nitrogens is 1. The van der Waals surface area contributed by atoms with Crippen LogP contribution < -0.4 is 5.32 Å². The van der Waals surface area contributed by atoms with Crippen LogP contribution in [-0.2, 0) is 0 Å². The molecule has 1 N–H and O–H groups in total. The third-order valence-electron chi connectivity index (χ3n) is 5.12. The van der Waals surface area contributed by atoms with E-state index in [1.165, 1.54) is 12.1 Å². The van der Waals surface area contributed by atoms with Crippen LogP contribution >= 0.6 is 12.4 Å². The van der Waals surface area contributed by atoms with Crippen LogP contribution in [0.3, 0.4) is 0 Å². The summed E-state index contributed by atoms with van der Waals surface area (Å²) >= 11 is 0. The molecule has 3 heterocycles. The molecule has 0 aromatic carbocycles. The van der Waals surface area contributed by atoms with Gasteiger partial charge < -0.3 is 14.8 Å². The first-order valence-electron chi connectivity index (χ1n) is 8.22. The summed E-state index contributed by atoms with van der Waals surface area (Å²) in [6, 6.07) is 3.29. The van der Waals surface area contributed by atoms with E-state index in [4.69, 9.17) is 0 Å². The number of carbonyl (C=O) groups excluding carboxylic acids is 1. The second-order valence-electron chi connectivity index (χ2n) is 6.84. The number of aryl methyl sites for hydroxylation is 1. The lowest BCUT2D eigenvalue weighted by Gasteiger charge is -2.28. The number of hydrogen-bond acceptors (Lipinski definition) is 2. The van der Waals surface area contributed by atoms with Crippen molar-refractivity contribution >= 4 is 18.3 Å². The van der Waals surface area contributed by atoms with E-state index in [0.29, 0.717) is 18.1 Å². The Morgan fingerprint density at radius 3 is 2.55 bits per heavy atom. The van der Waals surface area contributed by atoms with E-state index in [9.17, 15) is 4.79 Å². The normalized spacial score (nSPS) is 24.3. The molecular formula is C17H28ClN3O. The van der Waals surface area contributed by atoms with Crippen LogP contribution in [0.25, 0.3) is 0 Å². The Bertz CT molecular complexity index is 538. The first kappa shape index (κ1) is 17.4. The Kier molecular flexibility index (Phi) is 5.23. The second-order valence-corrected chi connectivity index (χ2v) is 6.84. The van der Waals surface area contributed by atoms with E-state index < -0.39 is 0 Å². The summed E-state index contributed by atoms with van der Waals surface area (Å²) in [5.74, 6) is 0.242. The van der Waals surface area contributed by atoms with Crippen molar-refractivity contribution in [3.8, 4) is 0 Å². The fraction of sp³-hybridized carbons (Fsp3) is 0.706. The molecule has 2 bridgehead atoms. The summed E-state index contributed by atoms with van der Waals surface area (Å²) < 4.78 is 2.27. The van der Waals surface area contributed by atoms with E-state index in [1.54, 1.807) is 0 Å². The maximum atomic E-state index is 13.1. The molecular weight excluding hydrogens is 298 g/mol. The number of fused-ring (bicyclic) bond motifs is 2. The minimum Gasteiger partial charge on any atom is -0.346 e. The van der Waals surface area contributed by atoms with Crippen LogP contribution in [-0.4, -0.2) is 40.5 Å². The summed E-state index contributed by atoms with van der Waals surface area (Å²) in [4.78, 5) is 15.3. The predicted molar refractivity (Wildman–Crippen MR) is 92.0 cm³/mol. The van der Waals surface area contributed by atoms with E-state index in [0.717, 1.165) is 37.2 Å². The lowest BCUT2D eigenvalue weighted by Crippen LogP contribution is -2.42. The van der Waals surface area contributed by atoms with Crippen LogP contribution in [0, 0.1) is 13.8 Å². The summed E-state index contributed by atoms with van der Waals surface area (Å²) in [5, 5.41) is 3.47. The molecule has 5 heteroatoms. The number of rotatable bonds is 2. The number of carbonyl (C=O) groups is 1. The Hall–Kier alpha value is -1.000. The lowest BCUT2D eigenvalue weighted by atomic mass is 10.1. The van der Waals surface area contributed by atoms with E-state index >= 15 is 0 Å². The fourth-order valence-corrected chi connectivity index (χ4v) is 4.24. The van der Waals surface area contributed by atoms with Gasteiger partial charge in [0.1, 0.15) is 0 Å². The minimum atomic E-state index is 0. The van der Waals surface area contributed by atoms with Crippen LogP contribution in [0.15, 0.2) is 6.07 Å². The molecule has 1 aromatic heterocycles. The van der Waals surface area contributed by atoms with Crippen molar-refractivity contribution in [2.24, 2.45) is 0 Å². The zero-order valence-corrected chi connectivity index (χ0v) is 14.9. The second kappa shape index (κ2) is 6.63. The van der Waals surface area contributed by atoms with Crippen LogP contribution in [0.1, 0.15) is 60.9 Å². The third-order valence-corrected chi connectivity index (χ3v) is 5.12. The van der Waals surface area contributed by atoms with Gasteiger partial charge in [0.25, 0.3) is 5.91 Å². The standard InChI is InChI=1S/C17H27N3O.ClH/c1-11(2)19-12(3)9-16(13(19)4)17(21)20-14-5-6-15(20)10-18-8-7-14;/h9,11,14-15,18H,5-8,10H2,1-4H3;1H. The number of nitrogens with one attached hydrogen (secondary N) is 1. The number of halogens is 1. The maximum absolute atomic E-state index is 13.1. The fourth-order valence-electron chi connectivity index (χ4n) is 4.24. The molecule has 2 aliphatic rings. The Labute approximate surface area is 139 Å². The summed E-state index contributed by atoms with van der Waals surface area (Å²) in [6.45, 7) is 10.5. The molecule has 1 amide bonds. The van der Waals surface area contributed by atoms with Gasteiger partial charge in [-0.1, -0.05) is 0 Å². The van der Waals surface area contributed by atoms with E-state index in [-0.39, 0.29) is 18.3 Å². The average Bonchev–Trinajstić information content (AvgIpc) is 2.84. The van der Waals surface area contributed by atoms with Gasteiger partial charge in [0.2, 0.25) is 0 Å². The predicted octanol–water partition coefficient (Wildman–Crippen LogP) is 3.07. The van der Waals surface area contributed by atoms with Crippen molar-refractivity contribution in [1.82, 2.24) is 14.8 Å². The molecule has 22 heavy (non-hydrogen) atoms. The van der Waals surface area contributed by atoms with E-state index in [1.807, 2.05) is 0 Å². The van der Waals surface area contributed by atoms with Gasteiger partial charge in [0, 0.05) is 36.1 Å². The smallest absolute Gasteiger partial charge is 0.256 e. The molecule has 3 rings (SSSR count). The van der Waals surface area contributed by atoms with Gasteiger partial charge in [0.05, 0.1) is 5.56 Å². The molecule has 124 valence electrons. The SMILES string of the molecule is Cc1cc(C(=O)N2C3CCNCC2CC3)c(C)n1C(C)C.Cl. The van der Waals surface area contributed by atoms with Crippen LogP contribution in [0.2, 0.25) is 0 Å². The first-order chi connectivity index (χ1) is 10.0. The monoisotopic (exact) mass is 325 g/mol. The lowest BCUT2D eigenvalue weighted by molar-refractivity contribution is 0.0679. The van der Waals surface area contributed by atoms with E-state index in [2.05, 4.69) is 48.5 Å². The van der Waals surface area contributed by atoms with Gasteiger partial charge in [0.15, 0.2) is 0 Å². The maximum Gasteiger partial charge on any atom is 0.256 e. The molecule has 2 saturated heterocycles. The van der Waals surface area contributed by atoms with Crippen LogP contribution in [0.4, 0.5) is 0 Å². The molecule has 2 atom stereocenters. The van der Waals surface area contributed by atoms with Gasteiger partial charge in [-0.15, -0.1) is 12.4 Å². The zero-order chi connectivity index (χ0) is 15.1. The molecule has 2 unspecified atom stereocenters. The highest BCUT2D eigenvalue weighted by atomic mass is 35.5. The molecule has 1 aromatic rings. The minimum absolute atomic E-state index is 0. The Morgan fingerprint density at radius 2 is 1.91 bits per heavy atom. The van der Waals surface area contributed by atoms with Crippen molar-refractivity contribution < 1.29 is 4.79 Å². The Balaban J connectivity index is 0.00000176.